The summed E-state index contributed by atoms with van der Waals surface area (Å²) < 4.78 is 13.0. The van der Waals surface area contributed by atoms with Crippen LogP contribution in [0.5, 0.6) is 0 Å². The normalized spacial score (nSPS) is 10.3. The highest BCUT2D eigenvalue weighted by molar-refractivity contribution is 6.42. The standard InChI is InChI=1S/C8H7Cl2F/c1-4-3-6(9)7(10)5(2)8(4)11/h3H,1-2H3. The quantitative estimate of drug-likeness (QED) is 0.550. The van der Waals surface area contributed by atoms with Crippen LogP contribution in [0.1, 0.15) is 11.1 Å². The Morgan fingerprint density at radius 3 is 2.36 bits per heavy atom. The summed E-state index contributed by atoms with van der Waals surface area (Å²) >= 11 is 11.4. The number of halogens is 3. The van der Waals surface area contributed by atoms with E-state index in [0.29, 0.717) is 21.2 Å². The molecular formula is C8H7Cl2F. The van der Waals surface area contributed by atoms with Gasteiger partial charge in [0.05, 0.1) is 10.0 Å². The van der Waals surface area contributed by atoms with Crippen LogP contribution in [0.25, 0.3) is 0 Å². The van der Waals surface area contributed by atoms with Crippen molar-refractivity contribution >= 4 is 23.2 Å². The van der Waals surface area contributed by atoms with E-state index in [2.05, 4.69) is 0 Å². The highest BCUT2D eigenvalue weighted by Crippen LogP contribution is 2.29. The summed E-state index contributed by atoms with van der Waals surface area (Å²) in [7, 11) is 0. The van der Waals surface area contributed by atoms with Crippen molar-refractivity contribution in [2.75, 3.05) is 0 Å². The molecule has 1 aromatic rings. The van der Waals surface area contributed by atoms with E-state index >= 15 is 0 Å². The molecule has 1 aromatic carbocycles. The van der Waals surface area contributed by atoms with Gasteiger partial charge < -0.3 is 0 Å². The lowest BCUT2D eigenvalue weighted by atomic mass is 10.1. The van der Waals surface area contributed by atoms with Crippen LogP contribution in [0.2, 0.25) is 10.0 Å². The molecule has 0 bridgehead atoms. The summed E-state index contributed by atoms with van der Waals surface area (Å²) in [6, 6.07) is 1.52. The van der Waals surface area contributed by atoms with E-state index in [9.17, 15) is 4.39 Å². The zero-order valence-electron chi connectivity index (χ0n) is 6.21. The predicted molar refractivity (Wildman–Crippen MR) is 45.9 cm³/mol. The maximum atomic E-state index is 13.0. The maximum absolute atomic E-state index is 13.0. The van der Waals surface area contributed by atoms with Crippen molar-refractivity contribution in [3.05, 3.63) is 33.1 Å². The molecular weight excluding hydrogens is 186 g/mol. The Hall–Kier alpha value is -0.270. The molecule has 0 saturated heterocycles. The molecule has 0 spiro atoms. The second kappa shape index (κ2) is 3.00. The monoisotopic (exact) mass is 192 g/mol. The fourth-order valence-corrected chi connectivity index (χ4v) is 1.33. The first-order valence-electron chi connectivity index (χ1n) is 3.14. The van der Waals surface area contributed by atoms with Gasteiger partial charge in [-0.3, -0.25) is 0 Å². The van der Waals surface area contributed by atoms with Crippen molar-refractivity contribution in [3.63, 3.8) is 0 Å². The third-order valence-electron chi connectivity index (χ3n) is 1.56. The third-order valence-corrected chi connectivity index (χ3v) is 2.44. The van der Waals surface area contributed by atoms with E-state index < -0.39 is 0 Å². The summed E-state index contributed by atoms with van der Waals surface area (Å²) in [4.78, 5) is 0. The molecule has 0 unspecified atom stereocenters. The minimum atomic E-state index is -0.278. The van der Waals surface area contributed by atoms with Gasteiger partial charge in [-0.05, 0) is 25.5 Å². The molecule has 0 fully saturated rings. The van der Waals surface area contributed by atoms with Crippen LogP contribution in [0.4, 0.5) is 4.39 Å². The summed E-state index contributed by atoms with van der Waals surface area (Å²) in [5, 5.41) is 0.706. The average molecular weight is 193 g/mol. The van der Waals surface area contributed by atoms with E-state index in [0.717, 1.165) is 0 Å². The van der Waals surface area contributed by atoms with Crippen LogP contribution < -0.4 is 0 Å². The molecule has 0 heterocycles. The molecule has 0 aliphatic rings. The molecule has 3 heteroatoms. The van der Waals surface area contributed by atoms with Gasteiger partial charge in [0.1, 0.15) is 5.82 Å². The van der Waals surface area contributed by atoms with Crippen molar-refractivity contribution in [2.45, 2.75) is 13.8 Å². The van der Waals surface area contributed by atoms with E-state index in [1.807, 2.05) is 0 Å². The van der Waals surface area contributed by atoms with Crippen LogP contribution in [0.3, 0.4) is 0 Å². The zero-order chi connectivity index (χ0) is 8.59. The summed E-state index contributed by atoms with van der Waals surface area (Å²) in [5.41, 5.74) is 0.938. The third kappa shape index (κ3) is 1.49. The molecule has 0 aliphatic carbocycles. The van der Waals surface area contributed by atoms with E-state index in [1.165, 1.54) is 6.07 Å². The van der Waals surface area contributed by atoms with Crippen LogP contribution in [0, 0.1) is 19.7 Å². The number of rotatable bonds is 0. The molecule has 1 rings (SSSR count). The second-order valence-electron chi connectivity index (χ2n) is 2.43. The minimum Gasteiger partial charge on any atom is -0.206 e. The van der Waals surface area contributed by atoms with Crippen molar-refractivity contribution in [1.82, 2.24) is 0 Å². The van der Waals surface area contributed by atoms with Crippen LogP contribution >= 0.6 is 23.2 Å². The first-order chi connectivity index (χ1) is 5.04. The zero-order valence-corrected chi connectivity index (χ0v) is 7.72. The lowest BCUT2D eigenvalue weighted by Crippen LogP contribution is -1.89. The number of benzene rings is 1. The van der Waals surface area contributed by atoms with Crippen molar-refractivity contribution in [3.8, 4) is 0 Å². The predicted octanol–water partition coefficient (Wildman–Crippen LogP) is 3.75. The Balaban J connectivity index is 3.46. The number of hydrogen-bond acceptors (Lipinski definition) is 0. The molecule has 0 amide bonds. The van der Waals surface area contributed by atoms with Gasteiger partial charge in [0.15, 0.2) is 0 Å². The van der Waals surface area contributed by atoms with Gasteiger partial charge in [0, 0.05) is 5.56 Å². The van der Waals surface area contributed by atoms with Crippen LogP contribution in [-0.2, 0) is 0 Å². The van der Waals surface area contributed by atoms with Crippen LogP contribution in [-0.4, -0.2) is 0 Å². The van der Waals surface area contributed by atoms with Gasteiger partial charge in [-0.15, -0.1) is 0 Å². The van der Waals surface area contributed by atoms with Gasteiger partial charge in [-0.2, -0.15) is 0 Å². The van der Waals surface area contributed by atoms with Crippen molar-refractivity contribution < 1.29 is 4.39 Å². The Morgan fingerprint density at radius 1 is 1.27 bits per heavy atom. The highest BCUT2D eigenvalue weighted by Gasteiger charge is 2.08. The molecule has 0 saturated carbocycles. The Bertz CT molecular complexity index is 268. The van der Waals surface area contributed by atoms with Gasteiger partial charge in [-0.1, -0.05) is 23.2 Å². The van der Waals surface area contributed by atoms with E-state index in [-0.39, 0.29) is 5.82 Å². The molecule has 0 N–H and O–H groups in total. The summed E-state index contributed by atoms with van der Waals surface area (Å²) in [6.07, 6.45) is 0. The molecule has 0 nitrogen and oxygen atoms in total. The number of aryl methyl sites for hydroxylation is 1. The molecule has 0 radical (unpaired) electrons. The molecule has 0 aliphatic heterocycles. The maximum Gasteiger partial charge on any atom is 0.130 e. The lowest BCUT2D eigenvalue weighted by molar-refractivity contribution is 0.609. The Kier molecular flexibility index (Phi) is 2.40. The van der Waals surface area contributed by atoms with Gasteiger partial charge in [0.25, 0.3) is 0 Å². The van der Waals surface area contributed by atoms with Crippen LogP contribution in [0.15, 0.2) is 6.07 Å². The SMILES string of the molecule is Cc1cc(Cl)c(Cl)c(C)c1F. The molecule has 0 aromatic heterocycles. The van der Waals surface area contributed by atoms with Crippen molar-refractivity contribution in [2.24, 2.45) is 0 Å². The summed E-state index contributed by atoms with van der Waals surface area (Å²) in [5.74, 6) is -0.278. The summed E-state index contributed by atoms with van der Waals surface area (Å²) in [6.45, 7) is 3.26. The van der Waals surface area contributed by atoms with E-state index in [4.69, 9.17) is 23.2 Å². The van der Waals surface area contributed by atoms with Crippen molar-refractivity contribution in [1.29, 1.82) is 0 Å². The largest absolute Gasteiger partial charge is 0.206 e. The average Bonchev–Trinajstić information content (AvgIpc) is 1.97. The van der Waals surface area contributed by atoms with Gasteiger partial charge >= 0.3 is 0 Å². The van der Waals surface area contributed by atoms with Gasteiger partial charge in [-0.25, -0.2) is 4.39 Å². The Labute approximate surface area is 74.9 Å². The van der Waals surface area contributed by atoms with E-state index in [1.54, 1.807) is 13.8 Å². The first-order valence-corrected chi connectivity index (χ1v) is 3.90. The minimum absolute atomic E-state index is 0.278. The topological polar surface area (TPSA) is 0 Å². The molecule has 60 valence electrons. The lowest BCUT2D eigenvalue weighted by Gasteiger charge is -2.04. The number of hydrogen-bond donors (Lipinski definition) is 0. The first kappa shape index (κ1) is 8.82. The Morgan fingerprint density at radius 2 is 1.82 bits per heavy atom. The highest BCUT2D eigenvalue weighted by atomic mass is 35.5. The van der Waals surface area contributed by atoms with Gasteiger partial charge in [0.2, 0.25) is 0 Å². The smallest absolute Gasteiger partial charge is 0.130 e. The second-order valence-corrected chi connectivity index (χ2v) is 3.21. The fraction of sp³-hybridized carbons (Fsp3) is 0.250. The fourth-order valence-electron chi connectivity index (χ4n) is 0.888. The molecule has 11 heavy (non-hydrogen) atoms. The molecule has 0 atom stereocenters.